The number of sulfonamides is 1. The van der Waals surface area contributed by atoms with Gasteiger partial charge in [-0.1, -0.05) is 0 Å². The van der Waals surface area contributed by atoms with E-state index in [0.29, 0.717) is 37.3 Å². The normalized spacial score (nSPS) is 15.5. The molecule has 30 heavy (non-hydrogen) atoms. The molecule has 0 bridgehead atoms. The lowest BCUT2D eigenvalue weighted by atomic mass is 9.96. The van der Waals surface area contributed by atoms with Crippen LogP contribution < -0.4 is 15.8 Å². The molecule has 0 spiro atoms. The van der Waals surface area contributed by atoms with E-state index in [9.17, 15) is 18.0 Å². The van der Waals surface area contributed by atoms with E-state index >= 15 is 0 Å². The first-order valence-corrected chi connectivity index (χ1v) is 11.0. The SMILES string of the molecule is Cc1ccnc(NS(=O)(=O)c2ccc(NC(=O)CN3CCC(C(N)=O)CC3)cc2)n1. The number of nitrogens with one attached hydrogen (secondary N) is 2. The van der Waals surface area contributed by atoms with E-state index in [1.807, 2.05) is 4.90 Å². The van der Waals surface area contributed by atoms with Crippen molar-refractivity contribution in [3.63, 3.8) is 0 Å². The molecule has 1 aliphatic heterocycles. The number of primary amides is 1. The van der Waals surface area contributed by atoms with Crippen molar-refractivity contribution in [2.24, 2.45) is 11.7 Å². The summed E-state index contributed by atoms with van der Waals surface area (Å²) in [6, 6.07) is 7.49. The molecule has 0 saturated carbocycles. The Hall–Kier alpha value is -3.05. The van der Waals surface area contributed by atoms with Crippen LogP contribution in [0.25, 0.3) is 0 Å². The lowest BCUT2D eigenvalue weighted by molar-refractivity contribution is -0.123. The molecule has 1 aromatic carbocycles. The van der Waals surface area contributed by atoms with E-state index in [-0.39, 0.29) is 35.1 Å². The second-order valence-corrected chi connectivity index (χ2v) is 8.83. The summed E-state index contributed by atoms with van der Waals surface area (Å²) in [5.74, 6) is -0.642. The number of carbonyl (C=O) groups is 2. The molecule has 1 aromatic heterocycles. The minimum absolute atomic E-state index is 0.00696. The molecule has 1 saturated heterocycles. The van der Waals surface area contributed by atoms with Crippen LogP contribution in [0.5, 0.6) is 0 Å². The predicted molar refractivity (Wildman–Crippen MR) is 111 cm³/mol. The van der Waals surface area contributed by atoms with Gasteiger partial charge in [-0.2, -0.15) is 0 Å². The maximum absolute atomic E-state index is 12.5. The van der Waals surface area contributed by atoms with Crippen molar-refractivity contribution >= 4 is 33.5 Å². The van der Waals surface area contributed by atoms with Crippen LogP contribution in [0.3, 0.4) is 0 Å². The van der Waals surface area contributed by atoms with Gasteiger partial charge in [0.05, 0.1) is 11.4 Å². The van der Waals surface area contributed by atoms with Crippen LogP contribution in [-0.2, 0) is 19.6 Å². The molecule has 4 N–H and O–H groups in total. The monoisotopic (exact) mass is 432 g/mol. The Bertz CT molecular complexity index is 1020. The van der Waals surface area contributed by atoms with Gasteiger partial charge in [0.15, 0.2) is 0 Å². The molecule has 0 radical (unpaired) electrons. The standard InChI is InChI=1S/C19H24N6O4S/c1-13-6-9-21-19(22-13)24-30(28,29)16-4-2-15(3-5-16)23-17(26)12-25-10-7-14(8-11-25)18(20)27/h2-6,9,14H,7-8,10-12H2,1H3,(H2,20,27)(H,23,26)(H,21,22,24). The number of hydrogen-bond acceptors (Lipinski definition) is 7. The molecule has 0 atom stereocenters. The highest BCUT2D eigenvalue weighted by atomic mass is 32.2. The average molecular weight is 433 g/mol. The fourth-order valence-corrected chi connectivity index (χ4v) is 4.12. The Kier molecular flexibility index (Phi) is 6.63. The number of likely N-dealkylation sites (tertiary alicyclic amines) is 1. The molecule has 2 aromatic rings. The zero-order chi connectivity index (χ0) is 21.7. The molecule has 0 aliphatic carbocycles. The fraction of sp³-hybridized carbons (Fsp3) is 0.368. The van der Waals surface area contributed by atoms with E-state index in [1.54, 1.807) is 13.0 Å². The number of aryl methyl sites for hydroxylation is 1. The minimum atomic E-state index is -3.84. The van der Waals surface area contributed by atoms with Crippen molar-refractivity contribution in [3.8, 4) is 0 Å². The molecular weight excluding hydrogens is 408 g/mol. The van der Waals surface area contributed by atoms with Gasteiger partial charge in [-0.05, 0) is 63.2 Å². The second kappa shape index (κ2) is 9.18. The van der Waals surface area contributed by atoms with Crippen molar-refractivity contribution in [2.45, 2.75) is 24.7 Å². The van der Waals surface area contributed by atoms with Crippen molar-refractivity contribution < 1.29 is 18.0 Å². The van der Waals surface area contributed by atoms with Crippen molar-refractivity contribution in [2.75, 3.05) is 29.7 Å². The van der Waals surface area contributed by atoms with E-state index in [2.05, 4.69) is 20.0 Å². The molecule has 160 valence electrons. The highest BCUT2D eigenvalue weighted by Crippen LogP contribution is 2.18. The lowest BCUT2D eigenvalue weighted by Gasteiger charge is -2.29. The van der Waals surface area contributed by atoms with Gasteiger partial charge in [0, 0.05) is 23.5 Å². The number of rotatable bonds is 7. The summed E-state index contributed by atoms with van der Waals surface area (Å²) in [4.78, 5) is 33.4. The van der Waals surface area contributed by atoms with Crippen molar-refractivity contribution in [1.82, 2.24) is 14.9 Å². The van der Waals surface area contributed by atoms with Gasteiger partial charge >= 0.3 is 0 Å². The van der Waals surface area contributed by atoms with E-state index in [1.165, 1.54) is 30.5 Å². The molecule has 1 aliphatic rings. The zero-order valence-corrected chi connectivity index (χ0v) is 17.4. The van der Waals surface area contributed by atoms with E-state index in [4.69, 9.17) is 5.73 Å². The molecule has 0 unspecified atom stereocenters. The van der Waals surface area contributed by atoms with Crippen molar-refractivity contribution in [3.05, 3.63) is 42.2 Å². The number of aromatic nitrogens is 2. The zero-order valence-electron chi connectivity index (χ0n) is 16.5. The first-order valence-electron chi connectivity index (χ1n) is 9.47. The lowest BCUT2D eigenvalue weighted by Crippen LogP contribution is -2.42. The number of piperidine rings is 1. The molecule has 10 nitrogen and oxygen atoms in total. The Morgan fingerprint density at radius 3 is 2.43 bits per heavy atom. The Labute approximate surface area is 174 Å². The van der Waals surface area contributed by atoms with Crippen LogP contribution in [0.4, 0.5) is 11.6 Å². The third-order valence-electron chi connectivity index (χ3n) is 4.83. The molecule has 3 rings (SSSR count). The number of nitrogens with two attached hydrogens (primary N) is 1. The average Bonchev–Trinajstić information content (AvgIpc) is 2.68. The summed E-state index contributed by atoms with van der Waals surface area (Å²) in [7, 11) is -3.84. The summed E-state index contributed by atoms with van der Waals surface area (Å²) < 4.78 is 27.3. The summed E-state index contributed by atoms with van der Waals surface area (Å²) in [5.41, 5.74) is 6.44. The number of hydrogen-bond donors (Lipinski definition) is 3. The fourth-order valence-electron chi connectivity index (χ4n) is 3.17. The summed E-state index contributed by atoms with van der Waals surface area (Å²) in [5, 5.41) is 2.75. The summed E-state index contributed by atoms with van der Waals surface area (Å²) in [6.07, 6.45) is 2.76. The Balaban J connectivity index is 1.55. The van der Waals surface area contributed by atoms with E-state index < -0.39 is 10.0 Å². The molecular formula is C19H24N6O4S. The maximum atomic E-state index is 12.5. The number of amides is 2. The van der Waals surface area contributed by atoms with Gasteiger partial charge < -0.3 is 11.1 Å². The van der Waals surface area contributed by atoms with E-state index in [0.717, 1.165) is 0 Å². The van der Waals surface area contributed by atoms with Crippen LogP contribution >= 0.6 is 0 Å². The van der Waals surface area contributed by atoms with Gasteiger partial charge in [-0.3, -0.25) is 14.5 Å². The summed E-state index contributed by atoms with van der Waals surface area (Å²) >= 11 is 0. The predicted octanol–water partition coefficient (Wildman–Crippen LogP) is 0.722. The number of carbonyl (C=O) groups excluding carboxylic acids is 2. The van der Waals surface area contributed by atoms with Crippen LogP contribution in [-0.4, -0.2) is 54.7 Å². The van der Waals surface area contributed by atoms with Crippen LogP contribution in [0.1, 0.15) is 18.5 Å². The van der Waals surface area contributed by atoms with Gasteiger partial charge in [0.1, 0.15) is 0 Å². The molecule has 1 fully saturated rings. The van der Waals surface area contributed by atoms with Gasteiger partial charge in [0.2, 0.25) is 17.8 Å². The second-order valence-electron chi connectivity index (χ2n) is 7.15. The van der Waals surface area contributed by atoms with Gasteiger partial charge in [0.25, 0.3) is 10.0 Å². The highest BCUT2D eigenvalue weighted by molar-refractivity contribution is 7.92. The molecule has 11 heteroatoms. The van der Waals surface area contributed by atoms with Crippen molar-refractivity contribution in [1.29, 1.82) is 0 Å². The summed E-state index contributed by atoms with van der Waals surface area (Å²) in [6.45, 7) is 3.19. The first kappa shape index (κ1) is 21.7. The Morgan fingerprint density at radius 1 is 1.17 bits per heavy atom. The Morgan fingerprint density at radius 2 is 1.83 bits per heavy atom. The van der Waals surface area contributed by atoms with Crippen LogP contribution in [0, 0.1) is 12.8 Å². The number of nitrogens with zero attached hydrogens (tertiary/aromatic N) is 3. The van der Waals surface area contributed by atoms with Crippen LogP contribution in [0.15, 0.2) is 41.4 Å². The third kappa shape index (κ3) is 5.74. The van der Waals surface area contributed by atoms with Gasteiger partial charge in [-0.25, -0.2) is 23.1 Å². The quantitative estimate of drug-likeness (QED) is 0.584. The number of benzene rings is 1. The van der Waals surface area contributed by atoms with Gasteiger partial charge in [-0.15, -0.1) is 0 Å². The minimum Gasteiger partial charge on any atom is -0.369 e. The highest BCUT2D eigenvalue weighted by Gasteiger charge is 2.24. The molecule has 2 heterocycles. The number of anilines is 2. The third-order valence-corrected chi connectivity index (χ3v) is 6.17. The largest absolute Gasteiger partial charge is 0.369 e. The van der Waals surface area contributed by atoms with Crippen LogP contribution in [0.2, 0.25) is 0 Å². The smallest absolute Gasteiger partial charge is 0.264 e. The topological polar surface area (TPSA) is 147 Å². The molecule has 2 amide bonds. The first-order chi connectivity index (χ1) is 14.2. The maximum Gasteiger partial charge on any atom is 0.264 e.